The van der Waals surface area contributed by atoms with E-state index < -0.39 is 0 Å². The fraction of sp³-hybridized carbons (Fsp3) is 0.462. The molecule has 1 aromatic rings. The van der Waals surface area contributed by atoms with Gasteiger partial charge in [-0.05, 0) is 37.5 Å². The molecule has 0 bridgehead atoms. The number of carbonyl (C=O) groups excluding carboxylic acids is 1. The van der Waals surface area contributed by atoms with Crippen LogP contribution in [0.5, 0.6) is 0 Å². The Balaban J connectivity index is 1.92. The molecule has 2 rings (SSSR count). The Kier molecular flexibility index (Phi) is 3.61. The van der Waals surface area contributed by atoms with Gasteiger partial charge >= 0.3 is 0 Å². The normalized spacial score (nSPS) is 15.1. The zero-order chi connectivity index (χ0) is 12.3. The van der Waals surface area contributed by atoms with Gasteiger partial charge < -0.3 is 10.2 Å². The van der Waals surface area contributed by atoms with Crippen molar-refractivity contribution in [1.82, 2.24) is 4.90 Å². The summed E-state index contributed by atoms with van der Waals surface area (Å²) in [6.07, 6.45) is 2.15. The molecule has 1 N–H and O–H groups in total. The van der Waals surface area contributed by atoms with Crippen molar-refractivity contribution in [2.45, 2.75) is 19.8 Å². The summed E-state index contributed by atoms with van der Waals surface area (Å²) in [7, 11) is 0. The number of nitrogens with one attached hydrogen (secondary N) is 1. The molecule has 0 spiro atoms. The number of likely N-dealkylation sites (tertiary alicyclic amines) is 1. The maximum atomic E-state index is 13.4. The van der Waals surface area contributed by atoms with Crippen LogP contribution >= 0.6 is 0 Å². The summed E-state index contributed by atoms with van der Waals surface area (Å²) in [5, 5.41) is 2.86. The fourth-order valence-corrected chi connectivity index (χ4v) is 2.02. The molecule has 3 nitrogen and oxygen atoms in total. The van der Waals surface area contributed by atoms with E-state index in [0.29, 0.717) is 5.69 Å². The van der Waals surface area contributed by atoms with E-state index in [1.165, 1.54) is 6.07 Å². The summed E-state index contributed by atoms with van der Waals surface area (Å²) in [6, 6.07) is 4.84. The van der Waals surface area contributed by atoms with Crippen LogP contribution in [0.1, 0.15) is 18.4 Å². The Morgan fingerprint density at radius 1 is 1.41 bits per heavy atom. The highest BCUT2D eigenvalue weighted by Gasteiger charge is 2.17. The summed E-state index contributed by atoms with van der Waals surface area (Å²) in [5.41, 5.74) is 1.38. The monoisotopic (exact) mass is 236 g/mol. The van der Waals surface area contributed by atoms with Crippen molar-refractivity contribution in [2.24, 2.45) is 0 Å². The Morgan fingerprint density at radius 3 is 2.82 bits per heavy atom. The van der Waals surface area contributed by atoms with E-state index in [4.69, 9.17) is 0 Å². The second-order valence-corrected chi connectivity index (χ2v) is 4.42. The third kappa shape index (κ3) is 2.96. The fourth-order valence-electron chi connectivity index (χ4n) is 2.02. The van der Waals surface area contributed by atoms with E-state index in [1.54, 1.807) is 12.1 Å². The summed E-state index contributed by atoms with van der Waals surface area (Å²) < 4.78 is 13.4. The van der Waals surface area contributed by atoms with Gasteiger partial charge in [-0.2, -0.15) is 0 Å². The van der Waals surface area contributed by atoms with Crippen LogP contribution in [0.25, 0.3) is 0 Å². The molecule has 1 fully saturated rings. The molecule has 92 valence electrons. The third-order valence-electron chi connectivity index (χ3n) is 3.01. The van der Waals surface area contributed by atoms with Crippen molar-refractivity contribution in [3.63, 3.8) is 0 Å². The Morgan fingerprint density at radius 2 is 2.12 bits per heavy atom. The van der Waals surface area contributed by atoms with Crippen LogP contribution in [0.2, 0.25) is 0 Å². The third-order valence-corrected chi connectivity index (χ3v) is 3.01. The van der Waals surface area contributed by atoms with Crippen LogP contribution in [-0.4, -0.2) is 30.4 Å². The number of hydrogen-bond donors (Lipinski definition) is 1. The predicted molar refractivity (Wildman–Crippen MR) is 65.4 cm³/mol. The van der Waals surface area contributed by atoms with E-state index in [2.05, 4.69) is 5.32 Å². The molecule has 1 aliphatic heterocycles. The minimum Gasteiger partial charge on any atom is -0.374 e. The Bertz CT molecular complexity index is 414. The van der Waals surface area contributed by atoms with Gasteiger partial charge in [0.1, 0.15) is 5.82 Å². The largest absolute Gasteiger partial charge is 0.374 e. The van der Waals surface area contributed by atoms with Gasteiger partial charge in [-0.3, -0.25) is 4.79 Å². The molecule has 0 aromatic heterocycles. The highest BCUT2D eigenvalue weighted by molar-refractivity contribution is 5.81. The first-order valence-electron chi connectivity index (χ1n) is 5.94. The molecule has 0 radical (unpaired) electrons. The van der Waals surface area contributed by atoms with E-state index in [9.17, 15) is 9.18 Å². The zero-order valence-electron chi connectivity index (χ0n) is 10.0. The molecule has 0 saturated carbocycles. The van der Waals surface area contributed by atoms with Gasteiger partial charge in [0.2, 0.25) is 5.91 Å². The number of hydrogen-bond acceptors (Lipinski definition) is 2. The number of amides is 1. The number of anilines is 1. The maximum Gasteiger partial charge on any atom is 0.241 e. The molecule has 17 heavy (non-hydrogen) atoms. The molecule has 1 saturated heterocycles. The number of carbonyl (C=O) groups is 1. The number of aryl methyl sites for hydroxylation is 1. The number of nitrogens with zero attached hydrogens (tertiary/aromatic N) is 1. The Labute approximate surface area is 101 Å². The second kappa shape index (κ2) is 5.17. The highest BCUT2D eigenvalue weighted by atomic mass is 19.1. The molecular weight excluding hydrogens is 219 g/mol. The lowest BCUT2D eigenvalue weighted by Crippen LogP contribution is -2.33. The van der Waals surface area contributed by atoms with Crippen molar-refractivity contribution in [1.29, 1.82) is 0 Å². The SMILES string of the molecule is Cc1ccc(F)c(NCC(=O)N2CCCC2)c1. The highest BCUT2D eigenvalue weighted by Crippen LogP contribution is 2.15. The summed E-state index contributed by atoms with van der Waals surface area (Å²) in [4.78, 5) is 13.6. The van der Waals surface area contributed by atoms with Crippen LogP contribution in [0.3, 0.4) is 0 Å². The van der Waals surface area contributed by atoms with Gasteiger partial charge in [0.25, 0.3) is 0 Å². The molecule has 1 heterocycles. The molecule has 0 unspecified atom stereocenters. The lowest BCUT2D eigenvalue weighted by Gasteiger charge is -2.16. The van der Waals surface area contributed by atoms with Crippen molar-refractivity contribution in [3.05, 3.63) is 29.6 Å². The van der Waals surface area contributed by atoms with Gasteiger partial charge in [0.15, 0.2) is 0 Å². The van der Waals surface area contributed by atoms with E-state index in [1.807, 2.05) is 11.8 Å². The van der Waals surface area contributed by atoms with Crippen molar-refractivity contribution in [3.8, 4) is 0 Å². The van der Waals surface area contributed by atoms with Gasteiger partial charge in [-0.15, -0.1) is 0 Å². The topological polar surface area (TPSA) is 32.3 Å². The van der Waals surface area contributed by atoms with E-state index in [-0.39, 0.29) is 18.3 Å². The second-order valence-electron chi connectivity index (χ2n) is 4.42. The summed E-state index contributed by atoms with van der Waals surface area (Å²) in [5.74, 6) is -0.270. The van der Waals surface area contributed by atoms with Crippen molar-refractivity contribution in [2.75, 3.05) is 25.0 Å². The van der Waals surface area contributed by atoms with Crippen LogP contribution in [0, 0.1) is 12.7 Å². The lowest BCUT2D eigenvalue weighted by molar-refractivity contribution is -0.128. The van der Waals surface area contributed by atoms with E-state index >= 15 is 0 Å². The van der Waals surface area contributed by atoms with Crippen LogP contribution in [0.4, 0.5) is 10.1 Å². The lowest BCUT2D eigenvalue weighted by atomic mass is 10.2. The van der Waals surface area contributed by atoms with Crippen LogP contribution in [0.15, 0.2) is 18.2 Å². The zero-order valence-corrected chi connectivity index (χ0v) is 10.0. The first-order chi connectivity index (χ1) is 8.16. The van der Waals surface area contributed by atoms with Gasteiger partial charge in [0, 0.05) is 13.1 Å². The van der Waals surface area contributed by atoms with Crippen molar-refractivity contribution < 1.29 is 9.18 Å². The average molecular weight is 236 g/mol. The maximum absolute atomic E-state index is 13.4. The van der Waals surface area contributed by atoms with Crippen LogP contribution < -0.4 is 5.32 Å². The molecule has 1 aromatic carbocycles. The molecule has 0 aliphatic carbocycles. The van der Waals surface area contributed by atoms with Crippen LogP contribution in [-0.2, 0) is 4.79 Å². The number of benzene rings is 1. The minimum absolute atomic E-state index is 0.0448. The quantitative estimate of drug-likeness (QED) is 0.872. The molecule has 1 amide bonds. The van der Waals surface area contributed by atoms with E-state index in [0.717, 1.165) is 31.5 Å². The van der Waals surface area contributed by atoms with Gasteiger partial charge in [0.05, 0.1) is 12.2 Å². The molecule has 4 heteroatoms. The number of halogens is 1. The molecular formula is C13H17FN2O. The average Bonchev–Trinajstić information content (AvgIpc) is 2.83. The Hall–Kier alpha value is -1.58. The summed E-state index contributed by atoms with van der Waals surface area (Å²) >= 11 is 0. The summed E-state index contributed by atoms with van der Waals surface area (Å²) in [6.45, 7) is 3.72. The molecule has 0 atom stereocenters. The first kappa shape index (κ1) is 11.9. The van der Waals surface area contributed by atoms with Crippen molar-refractivity contribution >= 4 is 11.6 Å². The first-order valence-corrected chi connectivity index (χ1v) is 5.94. The smallest absolute Gasteiger partial charge is 0.241 e. The van der Waals surface area contributed by atoms with Gasteiger partial charge in [-0.25, -0.2) is 4.39 Å². The standard InChI is InChI=1S/C13H17FN2O/c1-10-4-5-11(14)12(8-10)15-9-13(17)16-6-2-3-7-16/h4-5,8,15H,2-3,6-7,9H2,1H3. The van der Waals surface area contributed by atoms with Gasteiger partial charge in [-0.1, -0.05) is 6.07 Å². The predicted octanol–water partition coefficient (Wildman–Crippen LogP) is 2.17. The molecule has 1 aliphatic rings. The minimum atomic E-state index is -0.315. The number of rotatable bonds is 3.